The van der Waals surface area contributed by atoms with E-state index in [1.807, 2.05) is 50.3 Å². The van der Waals surface area contributed by atoms with Gasteiger partial charge in [0.25, 0.3) is 0 Å². The third-order valence-corrected chi connectivity index (χ3v) is 6.97. The first-order valence-electron chi connectivity index (χ1n) is 10.7. The molecule has 0 amide bonds. The molecule has 0 radical (unpaired) electrons. The van der Waals surface area contributed by atoms with E-state index < -0.39 is 0 Å². The number of hydrogen-bond donors (Lipinski definition) is 0. The van der Waals surface area contributed by atoms with Crippen molar-refractivity contribution in [1.82, 2.24) is 19.3 Å². The zero-order valence-corrected chi connectivity index (χ0v) is 20.0. The van der Waals surface area contributed by atoms with Crippen LogP contribution < -0.4 is 0 Å². The summed E-state index contributed by atoms with van der Waals surface area (Å²) in [4.78, 5) is 13.0. The maximum Gasteiger partial charge on any atom is 0.192 e. The van der Waals surface area contributed by atoms with Crippen LogP contribution in [-0.2, 0) is 17.8 Å². The quantitative estimate of drug-likeness (QED) is 0.239. The molecule has 2 aromatic heterocycles. The number of halogens is 1. The molecule has 3 heterocycles. The van der Waals surface area contributed by atoms with E-state index >= 15 is 0 Å². The molecule has 1 aliphatic heterocycles. The van der Waals surface area contributed by atoms with Crippen molar-refractivity contribution in [3.63, 3.8) is 0 Å². The number of aromatic nitrogens is 4. The van der Waals surface area contributed by atoms with Crippen molar-refractivity contribution in [3.05, 3.63) is 65.0 Å². The van der Waals surface area contributed by atoms with Crippen LogP contribution in [0, 0.1) is 13.8 Å². The lowest BCUT2D eigenvalue weighted by Crippen LogP contribution is -2.17. The molecule has 1 fully saturated rings. The lowest BCUT2D eigenvalue weighted by molar-refractivity contribution is 0.0953. The zero-order chi connectivity index (χ0) is 22.7. The molecule has 0 bridgehead atoms. The van der Waals surface area contributed by atoms with Crippen LogP contribution in [0.25, 0.3) is 11.4 Å². The van der Waals surface area contributed by atoms with Gasteiger partial charge in [-0.25, -0.2) is 0 Å². The highest BCUT2D eigenvalue weighted by Crippen LogP contribution is 2.28. The van der Waals surface area contributed by atoms with E-state index in [0.717, 1.165) is 52.9 Å². The van der Waals surface area contributed by atoms with E-state index in [1.54, 1.807) is 0 Å². The van der Waals surface area contributed by atoms with Crippen LogP contribution in [-0.4, -0.2) is 43.6 Å². The molecular formula is C24H27ClN4O2S. The number of hydrogen-bond acceptors (Lipinski definition) is 5. The van der Waals surface area contributed by atoms with Gasteiger partial charge in [-0.15, -0.1) is 16.8 Å². The summed E-state index contributed by atoms with van der Waals surface area (Å²) in [6.07, 6.45) is 4.04. The topological polar surface area (TPSA) is 61.9 Å². The summed E-state index contributed by atoms with van der Waals surface area (Å²) in [5, 5.41) is 10.2. The van der Waals surface area contributed by atoms with Gasteiger partial charge in [0.1, 0.15) is 0 Å². The monoisotopic (exact) mass is 470 g/mol. The molecule has 0 aliphatic carbocycles. The average Bonchev–Trinajstić information content (AvgIpc) is 3.50. The summed E-state index contributed by atoms with van der Waals surface area (Å²) in [5.41, 5.74) is 3.71. The van der Waals surface area contributed by atoms with Gasteiger partial charge in [-0.05, 0) is 57.0 Å². The average molecular weight is 471 g/mol. The van der Waals surface area contributed by atoms with Crippen molar-refractivity contribution in [2.75, 3.05) is 12.4 Å². The van der Waals surface area contributed by atoms with Crippen molar-refractivity contribution >= 4 is 29.1 Å². The van der Waals surface area contributed by atoms with Gasteiger partial charge in [-0.1, -0.05) is 29.4 Å². The minimum atomic E-state index is 0.0816. The van der Waals surface area contributed by atoms with Crippen LogP contribution in [0.15, 0.2) is 48.1 Å². The SMILES string of the molecule is C=CCn1c(C)cc(C(=O)CSc2nnc(-c3ccc(Cl)cc3)n2CC2CCCO2)c1C. The normalized spacial score (nSPS) is 15.9. The summed E-state index contributed by atoms with van der Waals surface area (Å²) in [7, 11) is 0. The largest absolute Gasteiger partial charge is 0.376 e. The third-order valence-electron chi connectivity index (χ3n) is 5.75. The smallest absolute Gasteiger partial charge is 0.192 e. The highest BCUT2D eigenvalue weighted by molar-refractivity contribution is 7.99. The molecule has 4 rings (SSSR count). The number of allylic oxidation sites excluding steroid dienone is 1. The Labute approximate surface area is 197 Å². The number of ether oxygens (including phenoxy) is 1. The number of carbonyl (C=O) groups excluding carboxylic acids is 1. The molecule has 168 valence electrons. The van der Waals surface area contributed by atoms with E-state index in [0.29, 0.717) is 23.9 Å². The number of Topliss-reactive ketones (excluding diaryl/α,β-unsaturated/α-hetero) is 1. The molecule has 0 N–H and O–H groups in total. The van der Waals surface area contributed by atoms with Gasteiger partial charge >= 0.3 is 0 Å². The first-order chi connectivity index (χ1) is 15.5. The second-order valence-corrected chi connectivity index (χ2v) is 9.33. The summed E-state index contributed by atoms with van der Waals surface area (Å²) in [6, 6.07) is 9.52. The van der Waals surface area contributed by atoms with Crippen molar-refractivity contribution < 1.29 is 9.53 Å². The number of rotatable bonds is 9. The minimum Gasteiger partial charge on any atom is -0.376 e. The second-order valence-electron chi connectivity index (χ2n) is 7.95. The third kappa shape index (κ3) is 4.85. The second kappa shape index (κ2) is 10.1. The Morgan fingerprint density at radius 2 is 2.06 bits per heavy atom. The van der Waals surface area contributed by atoms with Crippen molar-refractivity contribution in [3.8, 4) is 11.4 Å². The maximum absolute atomic E-state index is 13.0. The molecule has 1 aliphatic rings. The molecule has 32 heavy (non-hydrogen) atoms. The van der Waals surface area contributed by atoms with E-state index in [-0.39, 0.29) is 11.9 Å². The lowest BCUT2D eigenvalue weighted by Gasteiger charge is -2.14. The van der Waals surface area contributed by atoms with E-state index in [4.69, 9.17) is 16.3 Å². The predicted octanol–water partition coefficient (Wildman–Crippen LogP) is 5.36. The van der Waals surface area contributed by atoms with Gasteiger partial charge in [0.2, 0.25) is 0 Å². The fourth-order valence-electron chi connectivity index (χ4n) is 4.07. The molecule has 1 atom stereocenters. The number of carbonyl (C=O) groups is 1. The van der Waals surface area contributed by atoms with Gasteiger partial charge in [-0.3, -0.25) is 9.36 Å². The molecule has 0 saturated carbocycles. The molecule has 6 nitrogen and oxygen atoms in total. The van der Waals surface area contributed by atoms with Gasteiger partial charge < -0.3 is 9.30 Å². The molecular weight excluding hydrogens is 444 g/mol. The van der Waals surface area contributed by atoms with Crippen LogP contribution in [0.1, 0.15) is 34.6 Å². The molecule has 1 aromatic carbocycles. The Morgan fingerprint density at radius 1 is 1.28 bits per heavy atom. The predicted molar refractivity (Wildman–Crippen MR) is 129 cm³/mol. The van der Waals surface area contributed by atoms with Crippen molar-refractivity contribution in [2.24, 2.45) is 0 Å². The maximum atomic E-state index is 13.0. The highest BCUT2D eigenvalue weighted by Gasteiger charge is 2.23. The standard InChI is InChI=1S/C24H27ClN4O2S/c1-4-11-28-16(2)13-21(17(28)3)22(30)15-32-24-27-26-23(18-7-9-19(25)10-8-18)29(24)14-20-6-5-12-31-20/h4,7-10,13,20H,1,5-6,11-12,14-15H2,2-3H3. The molecule has 1 unspecified atom stereocenters. The fourth-order valence-corrected chi connectivity index (χ4v) is 5.02. The summed E-state index contributed by atoms with van der Waals surface area (Å²) < 4.78 is 10.0. The minimum absolute atomic E-state index is 0.0816. The number of benzene rings is 1. The fraction of sp³-hybridized carbons (Fsp3) is 0.375. The Balaban J connectivity index is 1.56. The molecule has 3 aromatic rings. The van der Waals surface area contributed by atoms with E-state index in [2.05, 4.69) is 25.9 Å². The Morgan fingerprint density at radius 3 is 2.75 bits per heavy atom. The zero-order valence-electron chi connectivity index (χ0n) is 18.4. The van der Waals surface area contributed by atoms with E-state index in [1.165, 1.54) is 11.8 Å². The van der Waals surface area contributed by atoms with Gasteiger partial charge in [0.05, 0.1) is 18.4 Å². The van der Waals surface area contributed by atoms with Gasteiger partial charge in [-0.2, -0.15) is 0 Å². The highest BCUT2D eigenvalue weighted by atomic mass is 35.5. The summed E-state index contributed by atoms with van der Waals surface area (Å²) in [5.74, 6) is 1.14. The van der Waals surface area contributed by atoms with Crippen LogP contribution in [0.4, 0.5) is 0 Å². The summed E-state index contributed by atoms with van der Waals surface area (Å²) >= 11 is 7.48. The lowest BCUT2D eigenvalue weighted by atomic mass is 10.2. The Bertz CT molecular complexity index is 1110. The van der Waals surface area contributed by atoms with Crippen LogP contribution in [0.2, 0.25) is 5.02 Å². The Hall–Kier alpha value is -2.35. The Kier molecular flexibility index (Phi) is 7.18. The molecule has 8 heteroatoms. The van der Waals surface area contributed by atoms with Crippen LogP contribution in [0.5, 0.6) is 0 Å². The van der Waals surface area contributed by atoms with Crippen molar-refractivity contribution in [2.45, 2.75) is 51.0 Å². The molecule has 0 spiro atoms. The number of nitrogens with zero attached hydrogens (tertiary/aromatic N) is 4. The van der Waals surface area contributed by atoms with E-state index in [9.17, 15) is 4.79 Å². The number of ketones is 1. The number of aryl methyl sites for hydroxylation is 1. The summed E-state index contributed by atoms with van der Waals surface area (Å²) in [6.45, 7) is 9.93. The number of thioether (sulfide) groups is 1. The molecule has 1 saturated heterocycles. The van der Waals surface area contributed by atoms with Crippen molar-refractivity contribution in [1.29, 1.82) is 0 Å². The van der Waals surface area contributed by atoms with Crippen LogP contribution in [0.3, 0.4) is 0 Å². The first kappa shape index (κ1) is 22.8. The van der Waals surface area contributed by atoms with Crippen LogP contribution >= 0.6 is 23.4 Å². The van der Waals surface area contributed by atoms with Gasteiger partial charge in [0.15, 0.2) is 16.8 Å². The van der Waals surface area contributed by atoms with Gasteiger partial charge in [0, 0.05) is 40.7 Å². The first-order valence-corrected chi connectivity index (χ1v) is 12.1.